The number of aliphatic carboxylic acids is 1. The highest BCUT2D eigenvalue weighted by atomic mass is 16.4. The summed E-state index contributed by atoms with van der Waals surface area (Å²) in [5.74, 6) is -1.10. The number of carboxylic acid groups (broad SMARTS) is 1. The standard InChI is InChI=1S/C10H13NO2/c1-7-3-4-9(8(2)5-7)11-6-10(12)13/h3-5,11H,6H2,1-2H3,(H,12,13)/p-1. The number of carbonyl (C=O) groups is 1. The summed E-state index contributed by atoms with van der Waals surface area (Å²) >= 11 is 0. The third-order valence-corrected chi connectivity index (χ3v) is 1.81. The molecule has 0 fully saturated rings. The van der Waals surface area contributed by atoms with Gasteiger partial charge in [-0.25, -0.2) is 0 Å². The van der Waals surface area contributed by atoms with Gasteiger partial charge < -0.3 is 15.2 Å². The van der Waals surface area contributed by atoms with Gasteiger partial charge in [0.1, 0.15) is 0 Å². The number of benzene rings is 1. The van der Waals surface area contributed by atoms with Gasteiger partial charge in [-0.15, -0.1) is 0 Å². The Kier molecular flexibility index (Phi) is 2.90. The molecule has 0 spiro atoms. The van der Waals surface area contributed by atoms with Crippen molar-refractivity contribution < 1.29 is 9.90 Å². The summed E-state index contributed by atoms with van der Waals surface area (Å²) in [4.78, 5) is 10.2. The molecular formula is C10H12NO2-. The van der Waals surface area contributed by atoms with Crippen LogP contribution in [0.3, 0.4) is 0 Å². The maximum absolute atomic E-state index is 10.2. The molecule has 70 valence electrons. The average molecular weight is 178 g/mol. The van der Waals surface area contributed by atoms with Crippen LogP contribution < -0.4 is 10.4 Å². The minimum atomic E-state index is -1.10. The predicted molar refractivity (Wildman–Crippen MR) is 49.4 cm³/mol. The maximum Gasteiger partial charge on any atom is 0.0605 e. The van der Waals surface area contributed by atoms with E-state index in [2.05, 4.69) is 5.32 Å². The lowest BCUT2D eigenvalue weighted by Gasteiger charge is -2.10. The van der Waals surface area contributed by atoms with E-state index in [-0.39, 0.29) is 6.54 Å². The Hall–Kier alpha value is -1.51. The van der Waals surface area contributed by atoms with Gasteiger partial charge in [0, 0.05) is 5.69 Å². The van der Waals surface area contributed by atoms with Crippen molar-refractivity contribution in [3.63, 3.8) is 0 Å². The summed E-state index contributed by atoms with van der Waals surface area (Å²) in [6, 6.07) is 5.80. The molecule has 0 aromatic heterocycles. The highest BCUT2D eigenvalue weighted by Gasteiger charge is 1.96. The van der Waals surface area contributed by atoms with Gasteiger partial charge in [0.25, 0.3) is 0 Å². The van der Waals surface area contributed by atoms with Gasteiger partial charge in [-0.05, 0) is 25.5 Å². The van der Waals surface area contributed by atoms with E-state index in [1.807, 2.05) is 32.0 Å². The third-order valence-electron chi connectivity index (χ3n) is 1.81. The molecule has 0 radical (unpaired) electrons. The Bertz CT molecular complexity index is 321. The van der Waals surface area contributed by atoms with Gasteiger partial charge in [-0.1, -0.05) is 17.7 Å². The summed E-state index contributed by atoms with van der Waals surface area (Å²) in [5.41, 5.74) is 3.05. The fourth-order valence-corrected chi connectivity index (χ4v) is 1.18. The summed E-state index contributed by atoms with van der Waals surface area (Å²) < 4.78 is 0. The van der Waals surface area contributed by atoms with Crippen molar-refractivity contribution in [2.45, 2.75) is 13.8 Å². The second kappa shape index (κ2) is 3.94. The highest BCUT2D eigenvalue weighted by molar-refractivity contribution is 5.71. The van der Waals surface area contributed by atoms with Crippen LogP contribution >= 0.6 is 0 Å². The molecule has 0 aliphatic heterocycles. The number of anilines is 1. The van der Waals surface area contributed by atoms with Crippen LogP contribution in [0.25, 0.3) is 0 Å². The average Bonchev–Trinajstić information content (AvgIpc) is 2.02. The zero-order chi connectivity index (χ0) is 9.84. The molecule has 3 nitrogen and oxygen atoms in total. The Labute approximate surface area is 77.4 Å². The molecule has 3 heteroatoms. The van der Waals surface area contributed by atoms with E-state index in [0.29, 0.717) is 0 Å². The lowest BCUT2D eigenvalue weighted by Crippen LogP contribution is -2.30. The minimum Gasteiger partial charge on any atom is -0.548 e. The van der Waals surface area contributed by atoms with Crippen molar-refractivity contribution >= 4 is 11.7 Å². The topological polar surface area (TPSA) is 52.2 Å². The van der Waals surface area contributed by atoms with Crippen LogP contribution in [0, 0.1) is 13.8 Å². The van der Waals surface area contributed by atoms with Crippen molar-refractivity contribution in [3.8, 4) is 0 Å². The maximum atomic E-state index is 10.2. The van der Waals surface area contributed by atoms with Crippen molar-refractivity contribution in [3.05, 3.63) is 29.3 Å². The van der Waals surface area contributed by atoms with E-state index in [9.17, 15) is 9.90 Å². The monoisotopic (exact) mass is 178 g/mol. The Morgan fingerprint density at radius 3 is 2.69 bits per heavy atom. The van der Waals surface area contributed by atoms with Crippen LogP contribution in [0.1, 0.15) is 11.1 Å². The molecule has 0 heterocycles. The number of carboxylic acids is 1. The number of hydrogen-bond acceptors (Lipinski definition) is 3. The quantitative estimate of drug-likeness (QED) is 0.731. The zero-order valence-corrected chi connectivity index (χ0v) is 7.76. The van der Waals surface area contributed by atoms with Crippen LogP contribution in [0.15, 0.2) is 18.2 Å². The zero-order valence-electron chi connectivity index (χ0n) is 7.76. The molecule has 1 aromatic carbocycles. The minimum absolute atomic E-state index is 0.149. The summed E-state index contributed by atoms with van der Waals surface area (Å²) in [6.45, 7) is 3.78. The Morgan fingerprint density at radius 1 is 1.46 bits per heavy atom. The highest BCUT2D eigenvalue weighted by Crippen LogP contribution is 2.15. The summed E-state index contributed by atoms with van der Waals surface area (Å²) in [7, 11) is 0. The molecule has 0 bridgehead atoms. The van der Waals surface area contributed by atoms with Crippen molar-refractivity contribution in [1.82, 2.24) is 0 Å². The van der Waals surface area contributed by atoms with Crippen LogP contribution in [0.2, 0.25) is 0 Å². The Balaban J connectivity index is 2.72. The van der Waals surface area contributed by atoms with E-state index < -0.39 is 5.97 Å². The largest absolute Gasteiger partial charge is 0.548 e. The van der Waals surface area contributed by atoms with Crippen LogP contribution in [-0.2, 0) is 4.79 Å². The first kappa shape index (κ1) is 9.58. The van der Waals surface area contributed by atoms with Gasteiger partial charge >= 0.3 is 0 Å². The lowest BCUT2D eigenvalue weighted by atomic mass is 10.1. The number of aryl methyl sites for hydroxylation is 2. The SMILES string of the molecule is Cc1ccc(NCC(=O)[O-])c(C)c1. The molecule has 0 aliphatic carbocycles. The number of carbonyl (C=O) groups excluding carboxylic acids is 1. The normalized spacial score (nSPS) is 9.69. The molecule has 0 unspecified atom stereocenters. The molecule has 0 saturated heterocycles. The van der Waals surface area contributed by atoms with Gasteiger partial charge in [0.05, 0.1) is 12.5 Å². The molecule has 0 saturated carbocycles. The van der Waals surface area contributed by atoms with Crippen LogP contribution in [0.5, 0.6) is 0 Å². The molecule has 1 rings (SSSR count). The lowest BCUT2D eigenvalue weighted by molar-refractivity contribution is -0.302. The second-order valence-corrected chi connectivity index (χ2v) is 3.04. The van der Waals surface area contributed by atoms with Gasteiger partial charge in [0.2, 0.25) is 0 Å². The predicted octanol–water partition coefficient (Wildman–Crippen LogP) is 0.465. The molecule has 0 amide bonds. The molecular weight excluding hydrogens is 166 g/mol. The van der Waals surface area contributed by atoms with Gasteiger partial charge in [0.15, 0.2) is 0 Å². The van der Waals surface area contributed by atoms with Crippen molar-refractivity contribution in [2.24, 2.45) is 0 Å². The van der Waals surface area contributed by atoms with Crippen molar-refractivity contribution in [2.75, 3.05) is 11.9 Å². The Morgan fingerprint density at radius 2 is 2.15 bits per heavy atom. The fraction of sp³-hybridized carbons (Fsp3) is 0.300. The number of hydrogen-bond donors (Lipinski definition) is 1. The van der Waals surface area contributed by atoms with E-state index in [1.54, 1.807) is 0 Å². The summed E-state index contributed by atoms with van der Waals surface area (Å²) in [5, 5.41) is 13.0. The van der Waals surface area contributed by atoms with Crippen LogP contribution in [-0.4, -0.2) is 12.5 Å². The first-order valence-corrected chi connectivity index (χ1v) is 4.10. The van der Waals surface area contributed by atoms with E-state index >= 15 is 0 Å². The van der Waals surface area contributed by atoms with Gasteiger partial charge in [-0.3, -0.25) is 0 Å². The smallest absolute Gasteiger partial charge is 0.0605 e. The molecule has 0 aliphatic rings. The van der Waals surface area contributed by atoms with Gasteiger partial charge in [-0.2, -0.15) is 0 Å². The molecule has 1 N–H and O–H groups in total. The van der Waals surface area contributed by atoms with E-state index in [4.69, 9.17) is 0 Å². The summed E-state index contributed by atoms with van der Waals surface area (Å²) in [6.07, 6.45) is 0. The number of nitrogens with one attached hydrogen (secondary N) is 1. The molecule has 13 heavy (non-hydrogen) atoms. The fourth-order valence-electron chi connectivity index (χ4n) is 1.18. The molecule has 0 atom stereocenters. The van der Waals surface area contributed by atoms with Crippen LogP contribution in [0.4, 0.5) is 5.69 Å². The molecule has 1 aromatic rings. The third kappa shape index (κ3) is 2.78. The van der Waals surface area contributed by atoms with Crippen molar-refractivity contribution in [1.29, 1.82) is 0 Å². The number of rotatable bonds is 3. The second-order valence-electron chi connectivity index (χ2n) is 3.04. The first-order valence-electron chi connectivity index (χ1n) is 4.10. The van der Waals surface area contributed by atoms with E-state index in [0.717, 1.165) is 16.8 Å². The van der Waals surface area contributed by atoms with E-state index in [1.165, 1.54) is 0 Å². The first-order chi connectivity index (χ1) is 6.09.